The number of nitrogens with one attached hydrogen (secondary N) is 2. The maximum Gasteiger partial charge on any atom is 0.269 e. The SMILES string of the molecule is Cc1nn(C)c(C)c1-c1cc(C(=O)NCc2cnn(-c3ccccc3)c2)[nH]n1. The van der Waals surface area contributed by atoms with Crippen LogP contribution in [-0.4, -0.2) is 35.7 Å². The van der Waals surface area contributed by atoms with E-state index in [0.717, 1.165) is 28.2 Å². The van der Waals surface area contributed by atoms with Gasteiger partial charge in [-0.3, -0.25) is 14.6 Å². The van der Waals surface area contributed by atoms with Crippen LogP contribution in [0.1, 0.15) is 27.4 Å². The van der Waals surface area contributed by atoms with Crippen LogP contribution in [0.5, 0.6) is 0 Å². The smallest absolute Gasteiger partial charge is 0.269 e. The lowest BCUT2D eigenvalue weighted by molar-refractivity contribution is 0.0946. The highest BCUT2D eigenvalue weighted by Gasteiger charge is 2.17. The van der Waals surface area contributed by atoms with E-state index in [9.17, 15) is 4.79 Å². The number of aromatic nitrogens is 6. The summed E-state index contributed by atoms with van der Waals surface area (Å²) in [5.41, 5.74) is 5.84. The minimum atomic E-state index is -0.217. The van der Waals surface area contributed by atoms with Crippen LogP contribution >= 0.6 is 0 Å². The molecule has 8 nitrogen and oxygen atoms in total. The standard InChI is InChI=1S/C20H21N7O/c1-13-19(14(2)26(3)25-13)17-9-18(24-23-17)20(28)21-10-15-11-22-27(12-15)16-7-5-4-6-8-16/h4-9,11-12H,10H2,1-3H3,(H,21,28)(H,23,24). The predicted molar refractivity (Wildman–Crippen MR) is 105 cm³/mol. The van der Waals surface area contributed by atoms with Crippen molar-refractivity contribution >= 4 is 5.91 Å². The van der Waals surface area contributed by atoms with Crippen molar-refractivity contribution in [1.29, 1.82) is 0 Å². The summed E-state index contributed by atoms with van der Waals surface area (Å²) >= 11 is 0. The first-order chi connectivity index (χ1) is 13.5. The van der Waals surface area contributed by atoms with Crippen LogP contribution in [-0.2, 0) is 13.6 Å². The van der Waals surface area contributed by atoms with Gasteiger partial charge < -0.3 is 5.32 Å². The molecule has 28 heavy (non-hydrogen) atoms. The van der Waals surface area contributed by atoms with Crippen LogP contribution in [0, 0.1) is 13.8 Å². The molecule has 0 aliphatic rings. The number of carbonyl (C=O) groups is 1. The number of nitrogens with zero attached hydrogens (tertiary/aromatic N) is 5. The van der Waals surface area contributed by atoms with E-state index in [1.807, 2.05) is 62.1 Å². The van der Waals surface area contributed by atoms with Gasteiger partial charge in [0.1, 0.15) is 5.69 Å². The number of hydrogen-bond donors (Lipinski definition) is 2. The fourth-order valence-corrected chi connectivity index (χ4v) is 3.16. The molecule has 0 aliphatic carbocycles. The fourth-order valence-electron chi connectivity index (χ4n) is 3.16. The Bertz CT molecular complexity index is 1120. The molecule has 0 saturated carbocycles. The van der Waals surface area contributed by atoms with Crippen molar-refractivity contribution < 1.29 is 4.79 Å². The molecular formula is C20H21N7O. The average Bonchev–Trinajstić information content (AvgIpc) is 3.41. The first kappa shape index (κ1) is 17.7. The maximum atomic E-state index is 12.5. The van der Waals surface area contributed by atoms with E-state index < -0.39 is 0 Å². The molecule has 2 N–H and O–H groups in total. The first-order valence-electron chi connectivity index (χ1n) is 8.96. The third kappa shape index (κ3) is 3.32. The molecule has 3 heterocycles. The first-order valence-corrected chi connectivity index (χ1v) is 8.96. The topological polar surface area (TPSA) is 93.4 Å². The Morgan fingerprint density at radius 3 is 2.71 bits per heavy atom. The molecule has 0 unspecified atom stereocenters. The maximum absolute atomic E-state index is 12.5. The number of benzene rings is 1. The summed E-state index contributed by atoms with van der Waals surface area (Å²) in [4.78, 5) is 12.5. The zero-order valence-corrected chi connectivity index (χ0v) is 16.0. The Morgan fingerprint density at radius 1 is 1.21 bits per heavy atom. The molecule has 142 valence electrons. The zero-order chi connectivity index (χ0) is 19.7. The summed E-state index contributed by atoms with van der Waals surface area (Å²) in [7, 11) is 1.89. The second-order valence-corrected chi connectivity index (χ2v) is 6.65. The van der Waals surface area contributed by atoms with Crippen molar-refractivity contribution in [3.05, 3.63) is 71.4 Å². The zero-order valence-electron chi connectivity index (χ0n) is 16.0. The predicted octanol–water partition coefficient (Wildman–Crippen LogP) is 2.54. The number of para-hydroxylation sites is 1. The van der Waals surface area contributed by atoms with Gasteiger partial charge in [0, 0.05) is 36.6 Å². The Labute approximate surface area is 162 Å². The highest BCUT2D eigenvalue weighted by atomic mass is 16.1. The number of amides is 1. The van der Waals surface area contributed by atoms with Crippen molar-refractivity contribution in [3.63, 3.8) is 0 Å². The van der Waals surface area contributed by atoms with Gasteiger partial charge in [0.15, 0.2) is 0 Å². The number of hydrogen-bond acceptors (Lipinski definition) is 4. The van der Waals surface area contributed by atoms with Crippen LogP contribution in [0.4, 0.5) is 0 Å². The highest BCUT2D eigenvalue weighted by molar-refractivity contribution is 5.93. The van der Waals surface area contributed by atoms with Gasteiger partial charge in [0.05, 0.1) is 23.3 Å². The van der Waals surface area contributed by atoms with Crippen molar-refractivity contribution in [2.24, 2.45) is 7.05 Å². The summed E-state index contributed by atoms with van der Waals surface area (Å²) in [6, 6.07) is 11.6. The Balaban J connectivity index is 1.44. The van der Waals surface area contributed by atoms with Crippen molar-refractivity contribution in [2.45, 2.75) is 20.4 Å². The van der Waals surface area contributed by atoms with E-state index in [-0.39, 0.29) is 5.91 Å². The number of aromatic amines is 1. The minimum Gasteiger partial charge on any atom is -0.347 e. The van der Waals surface area contributed by atoms with Crippen molar-refractivity contribution in [3.8, 4) is 16.9 Å². The summed E-state index contributed by atoms with van der Waals surface area (Å²) in [6.45, 7) is 4.29. The molecule has 1 amide bonds. The normalized spacial score (nSPS) is 11.0. The monoisotopic (exact) mass is 375 g/mol. The molecule has 0 bridgehead atoms. The number of carbonyl (C=O) groups excluding carboxylic acids is 1. The molecular weight excluding hydrogens is 354 g/mol. The Kier molecular flexibility index (Phi) is 4.52. The Morgan fingerprint density at radius 2 is 2.00 bits per heavy atom. The van der Waals surface area contributed by atoms with E-state index in [2.05, 4.69) is 25.7 Å². The van der Waals surface area contributed by atoms with Crippen LogP contribution in [0.15, 0.2) is 48.8 Å². The summed E-state index contributed by atoms with van der Waals surface area (Å²) in [6.07, 6.45) is 3.64. The van der Waals surface area contributed by atoms with E-state index in [1.165, 1.54) is 0 Å². The molecule has 3 aromatic heterocycles. The van der Waals surface area contributed by atoms with Gasteiger partial charge in [-0.1, -0.05) is 18.2 Å². The van der Waals surface area contributed by atoms with Gasteiger partial charge in [0.2, 0.25) is 0 Å². The largest absolute Gasteiger partial charge is 0.347 e. The summed E-state index contributed by atoms with van der Waals surface area (Å²) < 4.78 is 3.59. The van der Waals surface area contributed by atoms with Gasteiger partial charge in [-0.2, -0.15) is 15.3 Å². The van der Waals surface area contributed by atoms with Crippen molar-refractivity contribution in [2.75, 3.05) is 0 Å². The number of aryl methyl sites for hydroxylation is 2. The second-order valence-electron chi connectivity index (χ2n) is 6.65. The second kappa shape index (κ2) is 7.15. The quantitative estimate of drug-likeness (QED) is 0.561. The van der Waals surface area contributed by atoms with Crippen LogP contribution in [0.3, 0.4) is 0 Å². The number of H-pyrrole nitrogens is 1. The molecule has 0 spiro atoms. The van der Waals surface area contributed by atoms with E-state index in [1.54, 1.807) is 16.9 Å². The molecule has 0 radical (unpaired) electrons. The van der Waals surface area contributed by atoms with E-state index in [4.69, 9.17) is 0 Å². The fraction of sp³-hybridized carbons (Fsp3) is 0.200. The summed E-state index contributed by atoms with van der Waals surface area (Å²) in [5, 5.41) is 18.7. The minimum absolute atomic E-state index is 0.217. The third-order valence-corrected chi connectivity index (χ3v) is 4.70. The van der Waals surface area contributed by atoms with Crippen LogP contribution in [0.2, 0.25) is 0 Å². The lowest BCUT2D eigenvalue weighted by Gasteiger charge is -2.01. The molecule has 8 heteroatoms. The molecule has 0 atom stereocenters. The molecule has 0 aliphatic heterocycles. The molecule has 0 saturated heterocycles. The molecule has 1 aromatic carbocycles. The third-order valence-electron chi connectivity index (χ3n) is 4.70. The lowest BCUT2D eigenvalue weighted by Crippen LogP contribution is -2.22. The van der Waals surface area contributed by atoms with Crippen molar-refractivity contribution in [1.82, 2.24) is 35.1 Å². The molecule has 4 aromatic rings. The van der Waals surface area contributed by atoms with Crippen LogP contribution < -0.4 is 5.32 Å². The molecule has 4 rings (SSSR count). The van der Waals surface area contributed by atoms with Gasteiger partial charge >= 0.3 is 0 Å². The summed E-state index contributed by atoms with van der Waals surface area (Å²) in [5.74, 6) is -0.217. The van der Waals surface area contributed by atoms with Gasteiger partial charge in [0.25, 0.3) is 5.91 Å². The number of rotatable bonds is 5. The van der Waals surface area contributed by atoms with E-state index >= 15 is 0 Å². The van der Waals surface area contributed by atoms with Gasteiger partial charge in [-0.05, 0) is 32.0 Å². The van der Waals surface area contributed by atoms with Gasteiger partial charge in [-0.25, -0.2) is 4.68 Å². The highest BCUT2D eigenvalue weighted by Crippen LogP contribution is 2.25. The lowest BCUT2D eigenvalue weighted by atomic mass is 10.1. The Hall–Kier alpha value is -3.68. The van der Waals surface area contributed by atoms with Crippen LogP contribution in [0.25, 0.3) is 16.9 Å². The molecule has 0 fully saturated rings. The average molecular weight is 375 g/mol. The van der Waals surface area contributed by atoms with E-state index in [0.29, 0.717) is 17.9 Å². The van der Waals surface area contributed by atoms with Gasteiger partial charge in [-0.15, -0.1) is 0 Å².